The van der Waals surface area contributed by atoms with Crippen molar-refractivity contribution in [3.63, 3.8) is 0 Å². The summed E-state index contributed by atoms with van der Waals surface area (Å²) in [5.74, 6) is 0.961. The molecule has 3 atom stereocenters. The van der Waals surface area contributed by atoms with Crippen LogP contribution >= 0.6 is 0 Å². The fourth-order valence-electron chi connectivity index (χ4n) is 4.35. The van der Waals surface area contributed by atoms with Crippen molar-refractivity contribution in [1.29, 1.82) is 0 Å². The van der Waals surface area contributed by atoms with E-state index < -0.39 is 9.84 Å². The quantitative estimate of drug-likeness (QED) is 0.821. The molecule has 2 fully saturated rings. The van der Waals surface area contributed by atoms with Crippen LogP contribution in [0.5, 0.6) is 0 Å². The Labute approximate surface area is 145 Å². The highest BCUT2D eigenvalue weighted by Gasteiger charge is 2.37. The number of benzene rings is 1. The van der Waals surface area contributed by atoms with Gasteiger partial charge in [0.15, 0.2) is 9.84 Å². The van der Waals surface area contributed by atoms with Gasteiger partial charge in [-0.3, -0.25) is 4.79 Å². The number of rotatable bonds is 5. The summed E-state index contributed by atoms with van der Waals surface area (Å²) in [6, 6.07) is 10.7. The van der Waals surface area contributed by atoms with E-state index in [0.717, 1.165) is 25.8 Å². The monoisotopic (exact) mass is 349 g/mol. The zero-order valence-electron chi connectivity index (χ0n) is 14.4. The highest BCUT2D eigenvalue weighted by molar-refractivity contribution is 7.91. The predicted molar refractivity (Wildman–Crippen MR) is 95.6 cm³/mol. The van der Waals surface area contributed by atoms with Crippen LogP contribution in [0.1, 0.15) is 50.5 Å². The minimum absolute atomic E-state index is 0.0144. The first-order chi connectivity index (χ1) is 11.5. The zero-order valence-corrected chi connectivity index (χ0v) is 15.2. The number of carbonyl (C=O) groups excluding carboxylic acids is 1. The smallest absolute Gasteiger partial charge is 0.223 e. The molecule has 1 amide bonds. The molecule has 0 aromatic heterocycles. The number of hydrogen-bond donors (Lipinski definition) is 0. The standard InChI is InChI=1S/C19H27NO3S/c1-2-17(16-7-4-3-5-8-16)18-9-6-11-20(18)19(21)13-15-10-12-24(22,23)14-15/h3-5,7-8,15,17-18H,2,6,9-14H2,1H3/t15-,17+,18+/m0/s1. The Morgan fingerprint density at radius 3 is 2.62 bits per heavy atom. The van der Waals surface area contributed by atoms with Crippen molar-refractivity contribution < 1.29 is 13.2 Å². The lowest BCUT2D eigenvalue weighted by Crippen LogP contribution is -2.40. The summed E-state index contributed by atoms with van der Waals surface area (Å²) in [6.45, 7) is 2.99. The number of hydrogen-bond acceptors (Lipinski definition) is 3. The first-order valence-electron chi connectivity index (χ1n) is 9.05. The van der Waals surface area contributed by atoms with Crippen molar-refractivity contribution in [2.75, 3.05) is 18.1 Å². The van der Waals surface area contributed by atoms with E-state index in [9.17, 15) is 13.2 Å². The molecular weight excluding hydrogens is 322 g/mol. The first-order valence-corrected chi connectivity index (χ1v) is 10.9. The molecule has 4 nitrogen and oxygen atoms in total. The topological polar surface area (TPSA) is 54.5 Å². The lowest BCUT2D eigenvalue weighted by molar-refractivity contribution is -0.133. The van der Waals surface area contributed by atoms with Crippen molar-refractivity contribution in [3.05, 3.63) is 35.9 Å². The lowest BCUT2D eigenvalue weighted by Gasteiger charge is -2.32. The Hall–Kier alpha value is -1.36. The van der Waals surface area contributed by atoms with E-state index in [1.54, 1.807) is 0 Å². The third kappa shape index (κ3) is 3.82. The van der Waals surface area contributed by atoms with Crippen molar-refractivity contribution in [1.82, 2.24) is 4.90 Å². The largest absolute Gasteiger partial charge is 0.339 e. The molecule has 1 aromatic carbocycles. The first kappa shape index (κ1) is 17.5. The normalized spacial score (nSPS) is 27.3. The van der Waals surface area contributed by atoms with Crippen LogP contribution in [-0.4, -0.2) is 43.3 Å². The van der Waals surface area contributed by atoms with E-state index >= 15 is 0 Å². The summed E-state index contributed by atoms with van der Waals surface area (Å²) in [6.07, 6.45) is 4.13. The average molecular weight is 349 g/mol. The molecule has 3 rings (SSSR count). The number of carbonyl (C=O) groups is 1. The van der Waals surface area contributed by atoms with Gasteiger partial charge in [-0.15, -0.1) is 0 Å². The molecule has 2 aliphatic rings. The van der Waals surface area contributed by atoms with Gasteiger partial charge in [-0.25, -0.2) is 8.42 Å². The van der Waals surface area contributed by atoms with Crippen LogP contribution in [0.15, 0.2) is 30.3 Å². The van der Waals surface area contributed by atoms with Crippen molar-refractivity contribution in [2.45, 2.75) is 51.0 Å². The van der Waals surface area contributed by atoms with E-state index in [-0.39, 0.29) is 29.4 Å². The van der Waals surface area contributed by atoms with Crippen molar-refractivity contribution in [3.8, 4) is 0 Å². The molecule has 0 unspecified atom stereocenters. The maximum absolute atomic E-state index is 12.8. The molecule has 24 heavy (non-hydrogen) atoms. The molecule has 0 N–H and O–H groups in total. The minimum Gasteiger partial charge on any atom is -0.339 e. The third-order valence-electron chi connectivity index (χ3n) is 5.54. The summed E-state index contributed by atoms with van der Waals surface area (Å²) in [5, 5.41) is 0. The van der Waals surface area contributed by atoms with Crippen LogP contribution in [-0.2, 0) is 14.6 Å². The van der Waals surface area contributed by atoms with Gasteiger partial charge in [0.1, 0.15) is 0 Å². The Bertz CT molecular complexity index is 671. The van der Waals surface area contributed by atoms with E-state index in [1.165, 1.54) is 5.56 Å². The molecular formula is C19H27NO3S. The van der Waals surface area contributed by atoms with E-state index in [4.69, 9.17) is 0 Å². The van der Waals surface area contributed by atoms with Crippen LogP contribution in [0.2, 0.25) is 0 Å². The Morgan fingerprint density at radius 2 is 2.00 bits per heavy atom. The summed E-state index contributed by atoms with van der Waals surface area (Å²) in [4.78, 5) is 14.8. The van der Waals surface area contributed by atoms with Crippen molar-refractivity contribution in [2.24, 2.45) is 5.92 Å². The molecule has 0 bridgehead atoms. The van der Waals surface area contributed by atoms with Gasteiger partial charge in [0.25, 0.3) is 0 Å². The second-order valence-electron chi connectivity index (χ2n) is 7.20. The van der Waals surface area contributed by atoms with Gasteiger partial charge in [-0.2, -0.15) is 0 Å². The average Bonchev–Trinajstić information content (AvgIpc) is 3.16. The second kappa shape index (κ2) is 7.26. The van der Waals surface area contributed by atoms with Crippen molar-refractivity contribution >= 4 is 15.7 Å². The third-order valence-corrected chi connectivity index (χ3v) is 7.38. The number of sulfone groups is 1. The highest BCUT2D eigenvalue weighted by atomic mass is 32.2. The van der Waals surface area contributed by atoms with E-state index in [0.29, 0.717) is 18.8 Å². The molecule has 2 saturated heterocycles. The van der Waals surface area contributed by atoms with Crippen LogP contribution in [0.4, 0.5) is 0 Å². The number of likely N-dealkylation sites (tertiary alicyclic amines) is 1. The fourth-order valence-corrected chi connectivity index (χ4v) is 6.21. The van der Waals surface area contributed by atoms with Crippen LogP contribution in [0.3, 0.4) is 0 Å². The highest BCUT2D eigenvalue weighted by Crippen LogP contribution is 2.34. The summed E-state index contributed by atoms with van der Waals surface area (Å²) < 4.78 is 23.2. The van der Waals surface area contributed by atoms with E-state index in [2.05, 4.69) is 31.2 Å². The SMILES string of the molecule is CC[C@H](c1ccccc1)[C@H]1CCCN1C(=O)C[C@@H]1CCS(=O)(=O)C1. The summed E-state index contributed by atoms with van der Waals surface area (Å²) >= 11 is 0. The van der Waals surface area contributed by atoms with Gasteiger partial charge < -0.3 is 4.90 Å². The molecule has 0 aliphatic carbocycles. The predicted octanol–water partition coefficient (Wildman–Crippen LogP) is 3.00. The fraction of sp³-hybridized carbons (Fsp3) is 0.632. The molecule has 0 saturated carbocycles. The van der Waals surface area contributed by atoms with E-state index in [1.807, 2.05) is 11.0 Å². The maximum atomic E-state index is 12.8. The maximum Gasteiger partial charge on any atom is 0.223 e. The second-order valence-corrected chi connectivity index (χ2v) is 9.42. The van der Waals surface area contributed by atoms with Gasteiger partial charge in [-0.1, -0.05) is 37.3 Å². The summed E-state index contributed by atoms with van der Waals surface area (Å²) in [7, 11) is -2.91. The van der Waals surface area contributed by atoms with Gasteiger partial charge in [0.2, 0.25) is 5.91 Å². The van der Waals surface area contributed by atoms with Gasteiger partial charge in [0, 0.05) is 24.9 Å². The van der Waals surface area contributed by atoms with Gasteiger partial charge >= 0.3 is 0 Å². The molecule has 132 valence electrons. The van der Waals surface area contributed by atoms with Crippen LogP contribution in [0, 0.1) is 5.92 Å². The van der Waals surface area contributed by atoms with Crippen LogP contribution in [0.25, 0.3) is 0 Å². The molecule has 1 aromatic rings. The molecule has 5 heteroatoms. The van der Waals surface area contributed by atoms with Crippen LogP contribution < -0.4 is 0 Å². The molecule has 0 radical (unpaired) electrons. The van der Waals surface area contributed by atoms with Gasteiger partial charge in [0.05, 0.1) is 11.5 Å². The minimum atomic E-state index is -2.91. The summed E-state index contributed by atoms with van der Waals surface area (Å²) in [5.41, 5.74) is 1.30. The van der Waals surface area contributed by atoms with Gasteiger partial charge in [-0.05, 0) is 37.2 Å². The molecule has 2 aliphatic heterocycles. The Morgan fingerprint density at radius 1 is 1.25 bits per heavy atom. The number of nitrogens with zero attached hydrogens (tertiary/aromatic N) is 1. The zero-order chi connectivity index (χ0) is 17.2. The number of amides is 1. The Balaban J connectivity index is 1.69. The molecule has 2 heterocycles. The Kier molecular flexibility index (Phi) is 5.28. The molecule has 0 spiro atoms. The lowest BCUT2D eigenvalue weighted by atomic mass is 9.87.